The van der Waals surface area contributed by atoms with Crippen LogP contribution in [0.5, 0.6) is 5.75 Å². The lowest BCUT2D eigenvalue weighted by atomic mass is 10.1. The maximum atomic E-state index is 12.8. The summed E-state index contributed by atoms with van der Waals surface area (Å²) < 4.78 is 43.9. The van der Waals surface area contributed by atoms with Gasteiger partial charge in [0.1, 0.15) is 5.75 Å². The molecule has 1 aliphatic rings. The van der Waals surface area contributed by atoms with Crippen molar-refractivity contribution < 1.29 is 17.9 Å². The molecule has 8 heteroatoms. The second kappa shape index (κ2) is 8.87. The molecule has 2 aromatic heterocycles. The highest BCUT2D eigenvalue weighted by Crippen LogP contribution is 2.33. The van der Waals surface area contributed by atoms with E-state index in [4.69, 9.17) is 4.74 Å². The fourth-order valence-corrected chi connectivity index (χ4v) is 3.80. The third kappa shape index (κ3) is 4.99. The molecule has 1 saturated heterocycles. The standard InChI is InChI=1S/C22H23F3N4O/c23-22(24,25)17-5-1-6-19(12-17)30-11-8-18-13-20(28-27-18)21-7-3-10-29(21)15-16-4-2-9-26-14-16/h1-2,4-6,9,12-14,21H,3,7-8,10-11,15H2,(H,27,28)/t21-/m1/s1. The Morgan fingerprint density at radius 2 is 2.07 bits per heavy atom. The molecule has 1 aliphatic heterocycles. The zero-order valence-electron chi connectivity index (χ0n) is 16.4. The van der Waals surface area contributed by atoms with Crippen LogP contribution < -0.4 is 4.74 Å². The van der Waals surface area contributed by atoms with Gasteiger partial charge in [-0.1, -0.05) is 12.1 Å². The van der Waals surface area contributed by atoms with Crippen LogP contribution in [0.25, 0.3) is 0 Å². The van der Waals surface area contributed by atoms with Gasteiger partial charge < -0.3 is 4.74 Å². The molecule has 1 atom stereocenters. The fourth-order valence-electron chi connectivity index (χ4n) is 3.80. The van der Waals surface area contributed by atoms with Gasteiger partial charge in [0.15, 0.2) is 0 Å². The Morgan fingerprint density at radius 1 is 1.17 bits per heavy atom. The molecule has 4 rings (SSSR count). The Hall–Kier alpha value is -2.87. The lowest BCUT2D eigenvalue weighted by Gasteiger charge is -2.22. The van der Waals surface area contributed by atoms with Gasteiger partial charge in [-0.2, -0.15) is 18.3 Å². The van der Waals surface area contributed by atoms with Gasteiger partial charge >= 0.3 is 6.18 Å². The maximum Gasteiger partial charge on any atom is 0.416 e. The number of nitrogens with zero attached hydrogens (tertiary/aromatic N) is 3. The largest absolute Gasteiger partial charge is 0.493 e. The highest BCUT2D eigenvalue weighted by Gasteiger charge is 2.30. The second-order valence-electron chi connectivity index (χ2n) is 7.43. The monoisotopic (exact) mass is 416 g/mol. The summed E-state index contributed by atoms with van der Waals surface area (Å²) in [5.41, 5.74) is 2.36. The molecule has 1 aromatic carbocycles. The number of ether oxygens (including phenoxy) is 1. The van der Waals surface area contributed by atoms with Crippen LogP contribution in [-0.4, -0.2) is 33.2 Å². The summed E-state index contributed by atoms with van der Waals surface area (Å²) in [7, 11) is 0. The molecule has 0 unspecified atom stereocenters. The third-order valence-corrected chi connectivity index (χ3v) is 5.27. The lowest BCUT2D eigenvalue weighted by molar-refractivity contribution is -0.137. The summed E-state index contributed by atoms with van der Waals surface area (Å²) in [6, 6.07) is 11.2. The summed E-state index contributed by atoms with van der Waals surface area (Å²) in [5.74, 6) is 0.211. The number of alkyl halides is 3. The van der Waals surface area contributed by atoms with E-state index in [0.29, 0.717) is 6.42 Å². The predicted octanol–water partition coefficient (Wildman–Crippen LogP) is 4.78. The summed E-state index contributed by atoms with van der Waals surface area (Å²) in [5, 5.41) is 7.52. The van der Waals surface area contributed by atoms with Crippen molar-refractivity contribution in [1.82, 2.24) is 20.1 Å². The highest BCUT2D eigenvalue weighted by atomic mass is 19.4. The van der Waals surface area contributed by atoms with Crippen LogP contribution in [0.2, 0.25) is 0 Å². The van der Waals surface area contributed by atoms with Crippen LogP contribution in [0, 0.1) is 0 Å². The van der Waals surface area contributed by atoms with Crippen LogP contribution in [0.1, 0.15) is 41.4 Å². The first-order valence-corrected chi connectivity index (χ1v) is 9.96. The number of aromatic nitrogens is 3. The first-order valence-electron chi connectivity index (χ1n) is 9.96. The van der Waals surface area contributed by atoms with Crippen molar-refractivity contribution in [2.24, 2.45) is 0 Å². The number of hydrogen-bond acceptors (Lipinski definition) is 4. The molecule has 0 amide bonds. The van der Waals surface area contributed by atoms with Crippen LogP contribution in [-0.2, 0) is 19.1 Å². The maximum absolute atomic E-state index is 12.8. The first-order chi connectivity index (χ1) is 14.5. The van der Waals surface area contributed by atoms with Gasteiger partial charge in [-0.25, -0.2) is 0 Å². The SMILES string of the molecule is FC(F)(F)c1cccc(OCCc2cc([C@H]3CCCN3Cc3cccnc3)n[nH]2)c1. The number of pyridine rings is 1. The van der Waals surface area contributed by atoms with Crippen LogP contribution in [0.4, 0.5) is 13.2 Å². The molecule has 0 bridgehead atoms. The van der Waals surface area contributed by atoms with E-state index in [9.17, 15) is 13.2 Å². The minimum absolute atomic E-state index is 0.211. The van der Waals surface area contributed by atoms with Crippen molar-refractivity contribution in [2.75, 3.05) is 13.2 Å². The highest BCUT2D eigenvalue weighted by molar-refractivity contribution is 5.30. The molecule has 5 nitrogen and oxygen atoms in total. The van der Waals surface area contributed by atoms with E-state index in [1.807, 2.05) is 18.3 Å². The predicted molar refractivity (Wildman–Crippen MR) is 106 cm³/mol. The van der Waals surface area contributed by atoms with Gasteiger partial charge in [0, 0.05) is 31.1 Å². The molecule has 30 heavy (non-hydrogen) atoms. The molecule has 3 heterocycles. The average Bonchev–Trinajstić information content (AvgIpc) is 3.38. The Morgan fingerprint density at radius 3 is 2.87 bits per heavy atom. The lowest BCUT2D eigenvalue weighted by Crippen LogP contribution is -2.23. The van der Waals surface area contributed by atoms with E-state index in [-0.39, 0.29) is 18.4 Å². The molecule has 0 spiro atoms. The van der Waals surface area contributed by atoms with Gasteiger partial charge in [0.05, 0.1) is 23.9 Å². The number of halogens is 3. The van der Waals surface area contributed by atoms with E-state index in [2.05, 4.69) is 26.1 Å². The van der Waals surface area contributed by atoms with Gasteiger partial charge in [-0.15, -0.1) is 0 Å². The number of aromatic amines is 1. The number of rotatable bonds is 7. The van der Waals surface area contributed by atoms with E-state index < -0.39 is 11.7 Å². The van der Waals surface area contributed by atoms with E-state index >= 15 is 0 Å². The van der Waals surface area contributed by atoms with Gasteiger partial charge in [0.25, 0.3) is 0 Å². The molecule has 0 radical (unpaired) electrons. The van der Waals surface area contributed by atoms with Crippen molar-refractivity contribution in [1.29, 1.82) is 0 Å². The van der Waals surface area contributed by atoms with Crippen molar-refractivity contribution >= 4 is 0 Å². The fraction of sp³-hybridized carbons (Fsp3) is 0.364. The summed E-state index contributed by atoms with van der Waals surface area (Å²) >= 11 is 0. The van der Waals surface area contributed by atoms with E-state index in [1.54, 1.807) is 6.20 Å². The van der Waals surface area contributed by atoms with Crippen LogP contribution in [0.15, 0.2) is 54.9 Å². The smallest absolute Gasteiger partial charge is 0.416 e. The molecule has 0 saturated carbocycles. The third-order valence-electron chi connectivity index (χ3n) is 5.27. The molecule has 0 aliphatic carbocycles. The zero-order valence-corrected chi connectivity index (χ0v) is 16.4. The number of hydrogen-bond donors (Lipinski definition) is 1. The molecule has 3 aromatic rings. The minimum atomic E-state index is -4.37. The number of nitrogens with one attached hydrogen (secondary N) is 1. The zero-order chi connectivity index (χ0) is 21.0. The van der Waals surface area contributed by atoms with Gasteiger partial charge in [0.2, 0.25) is 0 Å². The molecule has 1 fully saturated rings. The van der Waals surface area contributed by atoms with Crippen molar-refractivity contribution in [2.45, 2.75) is 38.0 Å². The van der Waals surface area contributed by atoms with Gasteiger partial charge in [-0.05, 0) is 55.3 Å². The summed E-state index contributed by atoms with van der Waals surface area (Å²) in [4.78, 5) is 6.58. The minimum Gasteiger partial charge on any atom is -0.493 e. The van der Waals surface area contributed by atoms with Crippen molar-refractivity contribution in [3.8, 4) is 5.75 Å². The quantitative estimate of drug-likeness (QED) is 0.602. The Labute approximate surface area is 172 Å². The Balaban J connectivity index is 1.33. The molecular weight excluding hydrogens is 393 g/mol. The first kappa shape index (κ1) is 20.4. The second-order valence-corrected chi connectivity index (χ2v) is 7.43. The van der Waals surface area contributed by atoms with Crippen LogP contribution >= 0.6 is 0 Å². The Bertz CT molecular complexity index is 958. The van der Waals surface area contributed by atoms with Crippen LogP contribution in [0.3, 0.4) is 0 Å². The van der Waals surface area contributed by atoms with E-state index in [0.717, 1.165) is 49.5 Å². The summed E-state index contributed by atoms with van der Waals surface area (Å²) in [6.07, 6.45) is 1.99. The molecular formula is C22H23F3N4O. The summed E-state index contributed by atoms with van der Waals surface area (Å²) in [6.45, 7) is 2.12. The van der Waals surface area contributed by atoms with Crippen molar-refractivity contribution in [3.05, 3.63) is 77.4 Å². The number of benzene rings is 1. The number of H-pyrrole nitrogens is 1. The number of likely N-dealkylation sites (tertiary alicyclic amines) is 1. The topological polar surface area (TPSA) is 54.0 Å². The normalized spacial score (nSPS) is 17.4. The van der Waals surface area contributed by atoms with Crippen molar-refractivity contribution in [3.63, 3.8) is 0 Å². The van der Waals surface area contributed by atoms with E-state index in [1.165, 1.54) is 17.7 Å². The average molecular weight is 416 g/mol. The molecule has 158 valence electrons. The van der Waals surface area contributed by atoms with Gasteiger partial charge in [-0.3, -0.25) is 15.0 Å². The Kier molecular flexibility index (Phi) is 6.03. The molecule has 1 N–H and O–H groups in total.